The Morgan fingerprint density at radius 2 is 1.79 bits per heavy atom. The Labute approximate surface area is 139 Å². The summed E-state index contributed by atoms with van der Waals surface area (Å²) >= 11 is 0. The number of hydrogen-bond acceptors (Lipinski definition) is 2. The standard InChI is InChI=1S/C20H17FN2O/c21-15-6-4-13(5-7-15)12-16-19-17(2-1-3-18(19)24)23-20(16)14-8-10-22-11-9-14/h4-11,23H,1-3,12H2. The van der Waals surface area contributed by atoms with Crippen LogP contribution in [-0.2, 0) is 12.8 Å². The zero-order chi connectivity index (χ0) is 16.5. The van der Waals surface area contributed by atoms with E-state index in [0.29, 0.717) is 12.8 Å². The molecule has 0 radical (unpaired) electrons. The second-order valence-corrected chi connectivity index (χ2v) is 6.15. The molecule has 3 nitrogen and oxygen atoms in total. The zero-order valence-corrected chi connectivity index (χ0v) is 13.2. The van der Waals surface area contributed by atoms with E-state index in [4.69, 9.17) is 0 Å². The normalized spacial score (nSPS) is 13.8. The number of benzene rings is 1. The second-order valence-electron chi connectivity index (χ2n) is 6.15. The van der Waals surface area contributed by atoms with Gasteiger partial charge in [0.25, 0.3) is 0 Å². The summed E-state index contributed by atoms with van der Waals surface area (Å²) in [6.07, 6.45) is 6.48. The van der Waals surface area contributed by atoms with Gasteiger partial charge in [0, 0.05) is 42.1 Å². The summed E-state index contributed by atoms with van der Waals surface area (Å²) in [5.74, 6) is -0.0507. The van der Waals surface area contributed by atoms with E-state index < -0.39 is 0 Å². The number of aromatic amines is 1. The molecule has 24 heavy (non-hydrogen) atoms. The molecule has 4 rings (SSSR count). The Morgan fingerprint density at radius 1 is 1.04 bits per heavy atom. The number of H-pyrrole nitrogens is 1. The number of carbonyl (C=O) groups is 1. The summed E-state index contributed by atoms with van der Waals surface area (Å²) in [4.78, 5) is 20.0. The van der Waals surface area contributed by atoms with Crippen LogP contribution in [0.2, 0.25) is 0 Å². The molecular weight excluding hydrogens is 303 g/mol. The minimum atomic E-state index is -0.250. The van der Waals surface area contributed by atoms with E-state index in [1.165, 1.54) is 12.1 Å². The van der Waals surface area contributed by atoms with Crippen LogP contribution in [0.1, 0.15) is 40.0 Å². The lowest BCUT2D eigenvalue weighted by Crippen LogP contribution is -2.11. The molecule has 0 aliphatic heterocycles. The molecule has 0 spiro atoms. The fourth-order valence-electron chi connectivity index (χ4n) is 3.42. The number of hydrogen-bond donors (Lipinski definition) is 1. The highest BCUT2D eigenvalue weighted by atomic mass is 19.1. The Bertz CT molecular complexity index is 882. The molecule has 0 fully saturated rings. The van der Waals surface area contributed by atoms with E-state index in [-0.39, 0.29) is 11.6 Å². The predicted molar refractivity (Wildman–Crippen MR) is 90.5 cm³/mol. The van der Waals surface area contributed by atoms with Gasteiger partial charge in [0.15, 0.2) is 5.78 Å². The summed E-state index contributed by atoms with van der Waals surface area (Å²) in [5, 5.41) is 0. The Hall–Kier alpha value is -2.75. The zero-order valence-electron chi connectivity index (χ0n) is 13.2. The minimum absolute atomic E-state index is 0.199. The fraction of sp³-hybridized carbons (Fsp3) is 0.200. The van der Waals surface area contributed by atoms with Crippen LogP contribution in [0, 0.1) is 5.82 Å². The van der Waals surface area contributed by atoms with Crippen LogP contribution in [0.25, 0.3) is 11.3 Å². The monoisotopic (exact) mass is 320 g/mol. The van der Waals surface area contributed by atoms with Gasteiger partial charge in [-0.1, -0.05) is 12.1 Å². The molecule has 0 amide bonds. The van der Waals surface area contributed by atoms with Crippen molar-refractivity contribution in [2.24, 2.45) is 0 Å². The molecule has 0 atom stereocenters. The van der Waals surface area contributed by atoms with Gasteiger partial charge < -0.3 is 4.98 Å². The fourth-order valence-corrected chi connectivity index (χ4v) is 3.42. The maximum Gasteiger partial charge on any atom is 0.165 e. The lowest BCUT2D eigenvalue weighted by molar-refractivity contribution is 0.0971. The third kappa shape index (κ3) is 2.64. The van der Waals surface area contributed by atoms with Gasteiger partial charge in [0.05, 0.1) is 5.69 Å². The average Bonchev–Trinajstić information content (AvgIpc) is 2.98. The predicted octanol–water partition coefficient (Wildman–Crippen LogP) is 4.33. The van der Waals surface area contributed by atoms with E-state index in [1.807, 2.05) is 12.1 Å². The molecule has 0 saturated heterocycles. The summed E-state index contributed by atoms with van der Waals surface area (Å²) in [5.41, 5.74) is 5.85. The first kappa shape index (κ1) is 14.8. The van der Waals surface area contributed by atoms with Crippen LogP contribution in [0.5, 0.6) is 0 Å². The van der Waals surface area contributed by atoms with Crippen molar-refractivity contribution < 1.29 is 9.18 Å². The first-order valence-corrected chi connectivity index (χ1v) is 8.14. The minimum Gasteiger partial charge on any atom is -0.358 e. The summed E-state index contributed by atoms with van der Waals surface area (Å²) in [6.45, 7) is 0. The number of carbonyl (C=O) groups excluding carboxylic acids is 1. The quantitative estimate of drug-likeness (QED) is 0.781. The molecule has 3 aromatic rings. The third-order valence-electron chi connectivity index (χ3n) is 4.55. The number of fused-ring (bicyclic) bond motifs is 1. The van der Waals surface area contributed by atoms with Crippen LogP contribution in [0.15, 0.2) is 48.8 Å². The number of rotatable bonds is 3. The summed E-state index contributed by atoms with van der Waals surface area (Å²) < 4.78 is 13.2. The topological polar surface area (TPSA) is 45.8 Å². The summed E-state index contributed by atoms with van der Waals surface area (Å²) in [6, 6.07) is 10.4. The van der Waals surface area contributed by atoms with Crippen LogP contribution < -0.4 is 0 Å². The van der Waals surface area contributed by atoms with E-state index in [0.717, 1.165) is 46.5 Å². The highest BCUT2D eigenvalue weighted by molar-refractivity contribution is 6.01. The van der Waals surface area contributed by atoms with Gasteiger partial charge in [-0.3, -0.25) is 9.78 Å². The van der Waals surface area contributed by atoms with Crippen molar-refractivity contribution in [1.82, 2.24) is 9.97 Å². The molecule has 1 aromatic carbocycles. The summed E-state index contributed by atoms with van der Waals surface area (Å²) in [7, 11) is 0. The molecule has 0 bridgehead atoms. The Morgan fingerprint density at radius 3 is 2.54 bits per heavy atom. The van der Waals surface area contributed by atoms with Gasteiger partial charge in [-0.05, 0) is 48.2 Å². The number of Topliss-reactive ketones (excluding diaryl/α,β-unsaturated/α-hetero) is 1. The third-order valence-corrected chi connectivity index (χ3v) is 4.55. The van der Waals surface area contributed by atoms with Gasteiger partial charge in [0.2, 0.25) is 0 Å². The van der Waals surface area contributed by atoms with Crippen molar-refractivity contribution in [3.8, 4) is 11.3 Å². The van der Waals surface area contributed by atoms with Crippen LogP contribution in [-0.4, -0.2) is 15.8 Å². The van der Waals surface area contributed by atoms with Crippen LogP contribution >= 0.6 is 0 Å². The van der Waals surface area contributed by atoms with Crippen molar-refractivity contribution in [3.63, 3.8) is 0 Å². The van der Waals surface area contributed by atoms with Crippen LogP contribution in [0.4, 0.5) is 4.39 Å². The van der Waals surface area contributed by atoms with Crippen molar-refractivity contribution in [1.29, 1.82) is 0 Å². The molecule has 0 unspecified atom stereocenters. The molecule has 0 saturated carbocycles. The molecule has 120 valence electrons. The average molecular weight is 320 g/mol. The number of aromatic nitrogens is 2. The molecule has 1 N–H and O–H groups in total. The highest BCUT2D eigenvalue weighted by Crippen LogP contribution is 2.34. The van der Waals surface area contributed by atoms with E-state index in [9.17, 15) is 9.18 Å². The SMILES string of the molecule is O=C1CCCc2[nH]c(-c3ccncc3)c(Cc3ccc(F)cc3)c21. The first-order chi connectivity index (χ1) is 11.7. The maximum atomic E-state index is 13.2. The van der Waals surface area contributed by atoms with E-state index >= 15 is 0 Å². The van der Waals surface area contributed by atoms with Gasteiger partial charge in [-0.15, -0.1) is 0 Å². The number of halogens is 1. The second kappa shape index (κ2) is 6.04. The largest absolute Gasteiger partial charge is 0.358 e. The molecular formula is C20H17FN2O. The van der Waals surface area contributed by atoms with E-state index in [1.54, 1.807) is 24.5 Å². The van der Waals surface area contributed by atoms with Gasteiger partial charge >= 0.3 is 0 Å². The highest BCUT2D eigenvalue weighted by Gasteiger charge is 2.26. The lowest BCUT2D eigenvalue weighted by Gasteiger charge is -2.12. The number of aryl methyl sites for hydroxylation is 1. The molecule has 1 aliphatic rings. The van der Waals surface area contributed by atoms with Crippen molar-refractivity contribution in [3.05, 3.63) is 77.0 Å². The van der Waals surface area contributed by atoms with Gasteiger partial charge in [0.1, 0.15) is 5.82 Å². The van der Waals surface area contributed by atoms with Crippen molar-refractivity contribution >= 4 is 5.78 Å². The lowest BCUT2D eigenvalue weighted by atomic mass is 9.90. The number of pyridine rings is 1. The number of nitrogens with one attached hydrogen (secondary N) is 1. The molecule has 2 heterocycles. The Kier molecular flexibility index (Phi) is 3.73. The van der Waals surface area contributed by atoms with Gasteiger partial charge in [-0.25, -0.2) is 4.39 Å². The smallest absolute Gasteiger partial charge is 0.165 e. The number of ketones is 1. The maximum absolute atomic E-state index is 13.2. The van der Waals surface area contributed by atoms with Gasteiger partial charge in [-0.2, -0.15) is 0 Å². The Balaban J connectivity index is 1.85. The van der Waals surface area contributed by atoms with E-state index in [2.05, 4.69) is 9.97 Å². The van der Waals surface area contributed by atoms with Crippen LogP contribution in [0.3, 0.4) is 0 Å². The van der Waals surface area contributed by atoms with Crippen molar-refractivity contribution in [2.75, 3.05) is 0 Å². The molecule has 2 aromatic heterocycles. The number of nitrogens with zero attached hydrogens (tertiary/aromatic N) is 1. The first-order valence-electron chi connectivity index (χ1n) is 8.14. The molecule has 4 heteroatoms. The molecule has 1 aliphatic carbocycles. The van der Waals surface area contributed by atoms with Crippen molar-refractivity contribution in [2.45, 2.75) is 25.7 Å².